The van der Waals surface area contributed by atoms with Crippen molar-refractivity contribution in [1.29, 1.82) is 0 Å². The number of nitrogens with zero attached hydrogens (tertiary/aromatic N) is 1. The van der Waals surface area contributed by atoms with Gasteiger partial charge >= 0.3 is 5.69 Å². The number of hydrogen-bond donors (Lipinski definition) is 3. The Morgan fingerprint density at radius 2 is 2.04 bits per heavy atom. The molecule has 28 heavy (non-hydrogen) atoms. The highest BCUT2D eigenvalue weighted by atomic mass is 16.5. The van der Waals surface area contributed by atoms with Gasteiger partial charge in [-0.3, -0.25) is 14.3 Å². The van der Waals surface area contributed by atoms with E-state index < -0.39 is 35.8 Å². The van der Waals surface area contributed by atoms with Crippen LogP contribution in [0.5, 0.6) is 0 Å². The third-order valence-electron chi connectivity index (χ3n) is 5.44. The Hall–Kier alpha value is -2.22. The summed E-state index contributed by atoms with van der Waals surface area (Å²) >= 11 is 0. The molecule has 1 unspecified atom stereocenters. The van der Waals surface area contributed by atoms with Crippen molar-refractivity contribution in [3.05, 3.63) is 68.0 Å². The molecule has 0 radical (unpaired) electrons. The van der Waals surface area contributed by atoms with Crippen molar-refractivity contribution in [2.24, 2.45) is 0 Å². The number of ether oxygens (including phenoxy) is 1. The van der Waals surface area contributed by atoms with Crippen LogP contribution < -0.4 is 11.2 Å². The second kappa shape index (κ2) is 8.86. The van der Waals surface area contributed by atoms with Crippen LogP contribution in [0.2, 0.25) is 0 Å². The van der Waals surface area contributed by atoms with Crippen LogP contribution in [0.25, 0.3) is 0 Å². The zero-order valence-electron chi connectivity index (χ0n) is 16.3. The van der Waals surface area contributed by atoms with Gasteiger partial charge in [0.05, 0.1) is 18.3 Å². The second-order valence-corrected chi connectivity index (χ2v) is 7.47. The number of aromatic nitrogens is 2. The van der Waals surface area contributed by atoms with E-state index in [-0.39, 0.29) is 6.42 Å². The van der Waals surface area contributed by atoms with E-state index >= 15 is 0 Å². The lowest BCUT2D eigenvalue weighted by molar-refractivity contribution is -0.0301. The number of rotatable bonds is 7. The van der Waals surface area contributed by atoms with Gasteiger partial charge in [0.15, 0.2) is 0 Å². The van der Waals surface area contributed by atoms with Gasteiger partial charge in [0.2, 0.25) is 0 Å². The maximum absolute atomic E-state index is 12.1. The van der Waals surface area contributed by atoms with Crippen molar-refractivity contribution in [1.82, 2.24) is 9.55 Å². The highest BCUT2D eigenvalue weighted by Crippen LogP contribution is 2.30. The second-order valence-electron chi connectivity index (χ2n) is 7.47. The molecule has 1 saturated heterocycles. The van der Waals surface area contributed by atoms with E-state index in [0.717, 1.165) is 11.1 Å². The first-order chi connectivity index (χ1) is 13.4. The lowest BCUT2D eigenvalue weighted by Gasteiger charge is -2.18. The van der Waals surface area contributed by atoms with E-state index in [0.29, 0.717) is 31.2 Å². The molecule has 0 aliphatic carbocycles. The Bertz CT molecular complexity index is 919. The summed E-state index contributed by atoms with van der Waals surface area (Å²) in [5, 5.41) is 20.7. The van der Waals surface area contributed by atoms with Gasteiger partial charge in [0.1, 0.15) is 6.23 Å². The molecule has 0 amide bonds. The number of aliphatic hydroxyl groups excluding tert-OH is 2. The topological polar surface area (TPSA) is 105 Å². The summed E-state index contributed by atoms with van der Waals surface area (Å²) in [7, 11) is 0. The van der Waals surface area contributed by atoms with Crippen LogP contribution in [-0.4, -0.2) is 38.1 Å². The number of benzene rings is 1. The van der Waals surface area contributed by atoms with Crippen molar-refractivity contribution in [2.45, 2.75) is 70.5 Å². The normalized spacial score (nSPS) is 23.1. The lowest BCUT2D eigenvalue weighted by Crippen LogP contribution is -2.34. The average Bonchev–Trinajstić information content (AvgIpc) is 3.02. The number of H-pyrrole nitrogens is 1. The SMILES string of the molecule is CCc1cn([C@@H]2CC(O)[C@H](CC[C@H](O)Cc3ccccc3C)O2)c(=O)[nH]c1=O. The predicted octanol–water partition coefficient (Wildman–Crippen LogP) is 1.44. The van der Waals surface area contributed by atoms with Gasteiger partial charge < -0.3 is 14.9 Å². The Morgan fingerprint density at radius 1 is 1.29 bits per heavy atom. The molecule has 7 nitrogen and oxygen atoms in total. The van der Waals surface area contributed by atoms with Crippen LogP contribution in [0.1, 0.15) is 49.1 Å². The summed E-state index contributed by atoms with van der Waals surface area (Å²) in [5.41, 5.74) is 1.81. The number of aliphatic hydroxyl groups is 2. The number of aryl methyl sites for hydroxylation is 2. The minimum atomic E-state index is -0.723. The molecule has 0 spiro atoms. The maximum atomic E-state index is 12.1. The van der Waals surface area contributed by atoms with Crippen LogP contribution in [-0.2, 0) is 17.6 Å². The van der Waals surface area contributed by atoms with Crippen molar-refractivity contribution >= 4 is 0 Å². The molecule has 7 heteroatoms. The van der Waals surface area contributed by atoms with Crippen molar-refractivity contribution in [3.63, 3.8) is 0 Å². The van der Waals surface area contributed by atoms with Crippen LogP contribution in [0.4, 0.5) is 0 Å². The maximum Gasteiger partial charge on any atom is 0.330 e. The van der Waals surface area contributed by atoms with Crippen LogP contribution >= 0.6 is 0 Å². The van der Waals surface area contributed by atoms with E-state index in [2.05, 4.69) is 4.98 Å². The molecule has 152 valence electrons. The van der Waals surface area contributed by atoms with E-state index in [1.54, 1.807) is 0 Å². The lowest BCUT2D eigenvalue weighted by atomic mass is 9.98. The van der Waals surface area contributed by atoms with Crippen molar-refractivity contribution in [3.8, 4) is 0 Å². The van der Waals surface area contributed by atoms with E-state index in [1.807, 2.05) is 38.1 Å². The minimum Gasteiger partial charge on any atom is -0.393 e. The summed E-state index contributed by atoms with van der Waals surface area (Å²) in [6.07, 6.45) is 1.48. The molecule has 2 heterocycles. The number of hydrogen-bond acceptors (Lipinski definition) is 5. The molecule has 1 aromatic carbocycles. The van der Waals surface area contributed by atoms with Crippen LogP contribution in [0, 0.1) is 6.92 Å². The molecular formula is C21H28N2O5. The smallest absolute Gasteiger partial charge is 0.330 e. The first-order valence-corrected chi connectivity index (χ1v) is 9.79. The van der Waals surface area contributed by atoms with E-state index in [1.165, 1.54) is 10.8 Å². The summed E-state index contributed by atoms with van der Waals surface area (Å²) in [5.74, 6) is 0. The molecule has 1 aliphatic heterocycles. The monoisotopic (exact) mass is 388 g/mol. The average molecular weight is 388 g/mol. The molecule has 0 saturated carbocycles. The third kappa shape index (κ3) is 4.60. The van der Waals surface area contributed by atoms with Crippen LogP contribution in [0.15, 0.2) is 40.1 Å². The van der Waals surface area contributed by atoms with Crippen LogP contribution in [0.3, 0.4) is 0 Å². The van der Waals surface area contributed by atoms with E-state index in [4.69, 9.17) is 4.74 Å². The van der Waals surface area contributed by atoms with E-state index in [9.17, 15) is 19.8 Å². The highest BCUT2D eigenvalue weighted by Gasteiger charge is 2.35. The number of nitrogens with one attached hydrogen (secondary N) is 1. The van der Waals surface area contributed by atoms with Gasteiger partial charge in [-0.1, -0.05) is 31.2 Å². The highest BCUT2D eigenvalue weighted by molar-refractivity contribution is 5.26. The third-order valence-corrected chi connectivity index (χ3v) is 5.44. The molecule has 1 fully saturated rings. The Balaban J connectivity index is 1.61. The Morgan fingerprint density at radius 3 is 2.75 bits per heavy atom. The molecule has 4 atom stereocenters. The molecular weight excluding hydrogens is 360 g/mol. The fourth-order valence-corrected chi connectivity index (χ4v) is 3.69. The summed E-state index contributed by atoms with van der Waals surface area (Å²) in [6.45, 7) is 3.85. The van der Waals surface area contributed by atoms with Gasteiger partial charge in [-0.25, -0.2) is 4.79 Å². The van der Waals surface area contributed by atoms with Gasteiger partial charge in [0, 0.05) is 18.2 Å². The zero-order valence-corrected chi connectivity index (χ0v) is 16.3. The van der Waals surface area contributed by atoms with Gasteiger partial charge in [-0.2, -0.15) is 0 Å². The molecule has 3 rings (SSSR count). The molecule has 1 aromatic heterocycles. The predicted molar refractivity (Wildman–Crippen MR) is 105 cm³/mol. The summed E-state index contributed by atoms with van der Waals surface area (Å²) in [6, 6.07) is 7.94. The fraction of sp³-hybridized carbons (Fsp3) is 0.524. The minimum absolute atomic E-state index is 0.271. The van der Waals surface area contributed by atoms with Crippen molar-refractivity contribution < 1.29 is 14.9 Å². The first kappa shape index (κ1) is 20.5. The fourth-order valence-electron chi connectivity index (χ4n) is 3.69. The van der Waals surface area contributed by atoms with Gasteiger partial charge in [-0.15, -0.1) is 0 Å². The Labute approximate surface area is 163 Å². The van der Waals surface area contributed by atoms with Gasteiger partial charge in [-0.05, 0) is 43.7 Å². The molecule has 3 N–H and O–H groups in total. The standard InChI is InChI=1S/C21H28N2O5/c1-3-14-12-23(21(27)22-20(14)26)19-11-17(25)18(28-19)9-8-16(24)10-15-7-5-4-6-13(15)2/h4-7,12,16-19,24-25H,3,8-11H2,1-2H3,(H,22,26,27)/t16-,17?,18-,19-/m0/s1. The molecule has 2 aromatic rings. The van der Waals surface area contributed by atoms with Crippen molar-refractivity contribution in [2.75, 3.05) is 0 Å². The number of aromatic amines is 1. The summed E-state index contributed by atoms with van der Waals surface area (Å²) in [4.78, 5) is 26.1. The largest absolute Gasteiger partial charge is 0.393 e. The molecule has 0 bridgehead atoms. The summed E-state index contributed by atoms with van der Waals surface area (Å²) < 4.78 is 7.22. The quantitative estimate of drug-likeness (QED) is 0.666. The zero-order chi connectivity index (χ0) is 20.3. The Kier molecular flexibility index (Phi) is 6.49. The first-order valence-electron chi connectivity index (χ1n) is 9.79. The van der Waals surface area contributed by atoms with Gasteiger partial charge in [0.25, 0.3) is 5.56 Å². The molecule has 1 aliphatic rings.